The Morgan fingerprint density at radius 3 is 2.47 bits per heavy atom. The number of carbonyl (C=O) groups is 2. The van der Waals surface area contributed by atoms with Crippen molar-refractivity contribution in [3.8, 4) is 0 Å². The van der Waals surface area contributed by atoms with Crippen LogP contribution in [0.15, 0.2) is 30.3 Å². The average molecular weight is 235 g/mol. The molecule has 5 heteroatoms. The van der Waals surface area contributed by atoms with Crippen molar-refractivity contribution in [2.75, 3.05) is 7.05 Å². The maximum atomic E-state index is 11.5. The second-order valence-electron chi connectivity index (χ2n) is 3.66. The van der Waals surface area contributed by atoms with Gasteiger partial charge in [0.25, 0.3) is 0 Å². The van der Waals surface area contributed by atoms with Crippen molar-refractivity contribution in [2.45, 2.75) is 19.5 Å². The highest BCUT2D eigenvalue weighted by Gasteiger charge is 2.13. The van der Waals surface area contributed by atoms with Gasteiger partial charge in [-0.15, -0.1) is 0 Å². The molecule has 0 heterocycles. The number of hydrogen-bond acceptors (Lipinski definition) is 3. The van der Waals surface area contributed by atoms with E-state index >= 15 is 0 Å². The molecule has 92 valence electrons. The molecule has 5 nitrogen and oxygen atoms in total. The van der Waals surface area contributed by atoms with Gasteiger partial charge in [0.15, 0.2) is 0 Å². The molecule has 1 rings (SSSR count). The monoisotopic (exact) mass is 235 g/mol. The van der Waals surface area contributed by atoms with Crippen LogP contribution in [-0.4, -0.2) is 25.0 Å². The molecule has 0 saturated carbocycles. The van der Waals surface area contributed by atoms with Gasteiger partial charge in [-0.25, -0.2) is 4.79 Å². The number of nitrogens with one attached hydrogen (secondary N) is 3. The maximum absolute atomic E-state index is 11.5. The fourth-order valence-corrected chi connectivity index (χ4v) is 1.24. The van der Waals surface area contributed by atoms with Crippen LogP contribution in [0.2, 0.25) is 0 Å². The second-order valence-corrected chi connectivity index (χ2v) is 3.66. The molecular weight excluding hydrogens is 218 g/mol. The zero-order valence-corrected chi connectivity index (χ0v) is 9.99. The second kappa shape index (κ2) is 6.65. The van der Waals surface area contributed by atoms with Crippen LogP contribution in [0.3, 0.4) is 0 Å². The van der Waals surface area contributed by atoms with E-state index in [-0.39, 0.29) is 5.91 Å². The van der Waals surface area contributed by atoms with Crippen molar-refractivity contribution in [2.24, 2.45) is 0 Å². The molecule has 1 atom stereocenters. The molecule has 3 N–H and O–H groups in total. The van der Waals surface area contributed by atoms with Gasteiger partial charge in [0.05, 0.1) is 6.04 Å². The van der Waals surface area contributed by atoms with Crippen molar-refractivity contribution < 1.29 is 9.59 Å². The molecule has 1 aromatic rings. The first-order chi connectivity index (χ1) is 8.13. The third kappa shape index (κ3) is 4.65. The predicted molar refractivity (Wildman–Crippen MR) is 65.3 cm³/mol. The lowest BCUT2D eigenvalue weighted by Crippen LogP contribution is -2.47. The van der Waals surface area contributed by atoms with Gasteiger partial charge in [-0.05, 0) is 12.5 Å². The summed E-state index contributed by atoms with van der Waals surface area (Å²) >= 11 is 0. The van der Waals surface area contributed by atoms with Crippen LogP contribution in [-0.2, 0) is 11.3 Å². The summed E-state index contributed by atoms with van der Waals surface area (Å²) in [7, 11) is 1.46. The van der Waals surface area contributed by atoms with Crippen LogP contribution in [0.4, 0.5) is 4.79 Å². The van der Waals surface area contributed by atoms with Crippen LogP contribution < -0.4 is 16.0 Å². The first-order valence-corrected chi connectivity index (χ1v) is 5.43. The number of carbonyl (C=O) groups excluding carboxylic acids is 2. The molecule has 17 heavy (non-hydrogen) atoms. The van der Waals surface area contributed by atoms with Gasteiger partial charge >= 0.3 is 6.03 Å². The van der Waals surface area contributed by atoms with Crippen molar-refractivity contribution in [3.05, 3.63) is 35.9 Å². The highest BCUT2D eigenvalue weighted by Crippen LogP contribution is 1.98. The van der Waals surface area contributed by atoms with E-state index < -0.39 is 12.1 Å². The van der Waals surface area contributed by atoms with Crippen LogP contribution in [0.5, 0.6) is 0 Å². The summed E-state index contributed by atoms with van der Waals surface area (Å²) in [5, 5.41) is 7.58. The summed E-state index contributed by atoms with van der Waals surface area (Å²) in [6, 6.07) is 8.83. The molecule has 0 aliphatic heterocycles. The number of imide groups is 1. The van der Waals surface area contributed by atoms with Gasteiger partial charge in [-0.3, -0.25) is 10.1 Å². The molecule has 0 aliphatic carbocycles. The SMILES string of the molecule is CNC(=O)NC(=O)C(C)NCc1ccccc1. The molecule has 1 aromatic carbocycles. The zero-order chi connectivity index (χ0) is 12.7. The number of urea groups is 1. The van der Waals surface area contributed by atoms with Crippen molar-refractivity contribution in [1.29, 1.82) is 0 Å². The molecule has 0 bridgehead atoms. The molecule has 0 fully saturated rings. The minimum Gasteiger partial charge on any atom is -0.341 e. The van der Waals surface area contributed by atoms with E-state index in [0.29, 0.717) is 6.54 Å². The fraction of sp³-hybridized carbons (Fsp3) is 0.333. The Hall–Kier alpha value is -1.88. The van der Waals surface area contributed by atoms with Gasteiger partial charge in [0, 0.05) is 13.6 Å². The van der Waals surface area contributed by atoms with Gasteiger partial charge in [-0.1, -0.05) is 30.3 Å². The quantitative estimate of drug-likeness (QED) is 0.716. The number of amides is 3. The molecule has 0 aliphatic rings. The normalized spacial score (nSPS) is 11.6. The summed E-state index contributed by atoms with van der Waals surface area (Å²) in [6.45, 7) is 2.30. The lowest BCUT2D eigenvalue weighted by molar-refractivity contribution is -0.121. The minimum atomic E-state index is -0.497. The van der Waals surface area contributed by atoms with E-state index in [2.05, 4.69) is 16.0 Å². The Balaban J connectivity index is 2.37. The van der Waals surface area contributed by atoms with Crippen LogP contribution in [0.1, 0.15) is 12.5 Å². The standard InChI is InChI=1S/C12H17N3O2/c1-9(11(16)15-12(17)13-2)14-8-10-6-4-3-5-7-10/h3-7,9,14H,8H2,1-2H3,(H2,13,15,16,17). The summed E-state index contributed by atoms with van der Waals surface area (Å²) in [4.78, 5) is 22.4. The first kappa shape index (κ1) is 13.2. The molecule has 1 unspecified atom stereocenters. The molecule has 0 saturated heterocycles. The summed E-state index contributed by atoms with van der Waals surface area (Å²) in [5.41, 5.74) is 1.09. The lowest BCUT2D eigenvalue weighted by Gasteiger charge is -2.13. The van der Waals surface area contributed by atoms with Crippen molar-refractivity contribution in [1.82, 2.24) is 16.0 Å². The number of benzene rings is 1. The predicted octanol–water partition coefficient (Wildman–Crippen LogP) is 0.620. The molecule has 3 amide bonds. The Labute approximate surface area is 101 Å². The lowest BCUT2D eigenvalue weighted by atomic mass is 10.2. The van der Waals surface area contributed by atoms with Gasteiger partial charge in [0.1, 0.15) is 0 Å². The molecule has 0 spiro atoms. The topological polar surface area (TPSA) is 70.2 Å². The van der Waals surface area contributed by atoms with Crippen molar-refractivity contribution >= 4 is 11.9 Å². The van der Waals surface area contributed by atoms with Crippen LogP contribution in [0, 0.1) is 0 Å². The molecule has 0 radical (unpaired) electrons. The van der Waals surface area contributed by atoms with Gasteiger partial charge < -0.3 is 10.6 Å². The van der Waals surface area contributed by atoms with Crippen molar-refractivity contribution in [3.63, 3.8) is 0 Å². The third-order valence-corrected chi connectivity index (χ3v) is 2.31. The van der Waals surface area contributed by atoms with E-state index in [9.17, 15) is 9.59 Å². The Morgan fingerprint density at radius 2 is 1.88 bits per heavy atom. The summed E-state index contributed by atoms with van der Waals surface area (Å²) < 4.78 is 0. The van der Waals surface area contributed by atoms with E-state index in [1.54, 1.807) is 6.92 Å². The van der Waals surface area contributed by atoms with E-state index in [1.165, 1.54) is 7.05 Å². The smallest absolute Gasteiger partial charge is 0.321 e. The highest BCUT2D eigenvalue weighted by atomic mass is 16.2. The Morgan fingerprint density at radius 1 is 1.24 bits per heavy atom. The van der Waals surface area contributed by atoms with Crippen LogP contribution in [0.25, 0.3) is 0 Å². The first-order valence-electron chi connectivity index (χ1n) is 5.43. The zero-order valence-electron chi connectivity index (χ0n) is 9.99. The summed E-state index contributed by atoms with van der Waals surface area (Å²) in [6.07, 6.45) is 0. The van der Waals surface area contributed by atoms with Gasteiger partial charge in [0.2, 0.25) is 5.91 Å². The minimum absolute atomic E-state index is 0.347. The largest absolute Gasteiger partial charge is 0.341 e. The molecular formula is C12H17N3O2. The van der Waals surface area contributed by atoms with Gasteiger partial charge in [-0.2, -0.15) is 0 Å². The van der Waals surface area contributed by atoms with E-state index in [0.717, 1.165) is 5.56 Å². The fourth-order valence-electron chi connectivity index (χ4n) is 1.24. The van der Waals surface area contributed by atoms with Crippen LogP contribution >= 0.6 is 0 Å². The van der Waals surface area contributed by atoms with E-state index in [1.807, 2.05) is 30.3 Å². The Bertz CT molecular complexity index is 379. The number of hydrogen-bond donors (Lipinski definition) is 3. The van der Waals surface area contributed by atoms with E-state index in [4.69, 9.17) is 0 Å². The maximum Gasteiger partial charge on any atom is 0.321 e. The Kier molecular flexibility index (Phi) is 5.16. The number of rotatable bonds is 4. The average Bonchev–Trinajstić information content (AvgIpc) is 2.36. The third-order valence-electron chi connectivity index (χ3n) is 2.31. The summed E-state index contributed by atoms with van der Waals surface area (Å²) in [5.74, 6) is -0.347. The molecule has 0 aromatic heterocycles. The highest BCUT2D eigenvalue weighted by molar-refractivity contribution is 5.96.